The Balaban J connectivity index is 2.01. The lowest BCUT2D eigenvalue weighted by Gasteiger charge is -2.22. The number of nitrogens with zero attached hydrogens (tertiary/aromatic N) is 2. The second-order valence-electron chi connectivity index (χ2n) is 5.14. The SMILES string of the molecule is CC(C)[C@@H]1OCC[C@H]1CNc1ncccc1[N+](=O)[O-]. The molecule has 6 heteroatoms. The number of nitro groups is 1. The van der Waals surface area contributed by atoms with E-state index in [1.165, 1.54) is 6.07 Å². The number of aromatic nitrogens is 1. The fourth-order valence-corrected chi connectivity index (χ4v) is 2.52. The van der Waals surface area contributed by atoms with E-state index in [1.807, 2.05) is 0 Å². The van der Waals surface area contributed by atoms with E-state index in [2.05, 4.69) is 24.1 Å². The Hall–Kier alpha value is -1.69. The van der Waals surface area contributed by atoms with Crippen molar-refractivity contribution < 1.29 is 9.66 Å². The van der Waals surface area contributed by atoms with Crippen molar-refractivity contribution in [1.82, 2.24) is 4.98 Å². The normalized spacial score (nSPS) is 22.7. The largest absolute Gasteiger partial charge is 0.378 e. The molecule has 1 fully saturated rings. The number of rotatable bonds is 5. The van der Waals surface area contributed by atoms with Crippen LogP contribution in [0.2, 0.25) is 0 Å². The Morgan fingerprint density at radius 1 is 1.63 bits per heavy atom. The van der Waals surface area contributed by atoms with Crippen molar-refractivity contribution in [3.8, 4) is 0 Å². The number of hydrogen-bond acceptors (Lipinski definition) is 5. The molecule has 1 aromatic heterocycles. The van der Waals surface area contributed by atoms with E-state index in [4.69, 9.17) is 4.74 Å². The first kappa shape index (κ1) is 13.7. The van der Waals surface area contributed by atoms with Crippen LogP contribution < -0.4 is 5.32 Å². The summed E-state index contributed by atoms with van der Waals surface area (Å²) in [6.45, 7) is 5.68. The van der Waals surface area contributed by atoms with Crippen LogP contribution in [0.15, 0.2) is 18.3 Å². The third-order valence-electron chi connectivity index (χ3n) is 3.44. The minimum Gasteiger partial charge on any atom is -0.378 e. The summed E-state index contributed by atoms with van der Waals surface area (Å²) in [5.41, 5.74) is 0.0162. The molecule has 0 aliphatic carbocycles. The van der Waals surface area contributed by atoms with E-state index in [9.17, 15) is 10.1 Å². The number of hydrogen-bond donors (Lipinski definition) is 1. The fourth-order valence-electron chi connectivity index (χ4n) is 2.52. The lowest BCUT2D eigenvalue weighted by molar-refractivity contribution is -0.384. The van der Waals surface area contributed by atoms with E-state index in [0.717, 1.165) is 13.0 Å². The highest BCUT2D eigenvalue weighted by Gasteiger charge is 2.30. The maximum absolute atomic E-state index is 10.9. The highest BCUT2D eigenvalue weighted by molar-refractivity contribution is 5.55. The molecule has 0 radical (unpaired) electrons. The van der Waals surface area contributed by atoms with Crippen LogP contribution in [-0.4, -0.2) is 29.2 Å². The van der Waals surface area contributed by atoms with Crippen LogP contribution in [0.25, 0.3) is 0 Å². The average Bonchev–Trinajstić information content (AvgIpc) is 2.85. The van der Waals surface area contributed by atoms with Crippen molar-refractivity contribution in [2.75, 3.05) is 18.5 Å². The molecule has 1 aromatic rings. The summed E-state index contributed by atoms with van der Waals surface area (Å²) in [6.07, 6.45) is 2.76. The zero-order valence-electron chi connectivity index (χ0n) is 11.2. The molecule has 1 aliphatic rings. The van der Waals surface area contributed by atoms with E-state index in [1.54, 1.807) is 12.3 Å². The van der Waals surface area contributed by atoms with Crippen LogP contribution in [-0.2, 0) is 4.74 Å². The lowest BCUT2D eigenvalue weighted by Crippen LogP contribution is -2.28. The van der Waals surface area contributed by atoms with Gasteiger partial charge in [0.25, 0.3) is 0 Å². The molecule has 0 saturated carbocycles. The Kier molecular flexibility index (Phi) is 4.31. The van der Waals surface area contributed by atoms with Gasteiger partial charge in [-0.05, 0) is 18.4 Å². The van der Waals surface area contributed by atoms with E-state index in [-0.39, 0.29) is 11.8 Å². The Bertz CT molecular complexity index is 451. The predicted molar refractivity (Wildman–Crippen MR) is 72.1 cm³/mol. The minimum absolute atomic E-state index is 0.0162. The summed E-state index contributed by atoms with van der Waals surface area (Å²) < 4.78 is 5.70. The van der Waals surface area contributed by atoms with Crippen LogP contribution in [0.4, 0.5) is 11.5 Å². The molecule has 2 heterocycles. The Morgan fingerprint density at radius 3 is 3.11 bits per heavy atom. The maximum atomic E-state index is 10.9. The van der Waals surface area contributed by atoms with Crippen LogP contribution in [0.1, 0.15) is 20.3 Å². The molecule has 19 heavy (non-hydrogen) atoms. The number of pyridine rings is 1. The summed E-state index contributed by atoms with van der Waals surface area (Å²) in [5.74, 6) is 1.16. The molecule has 104 valence electrons. The first-order chi connectivity index (χ1) is 9.09. The van der Waals surface area contributed by atoms with Crippen LogP contribution in [0, 0.1) is 22.0 Å². The zero-order chi connectivity index (χ0) is 13.8. The second-order valence-corrected chi connectivity index (χ2v) is 5.14. The smallest absolute Gasteiger partial charge is 0.311 e. The molecular weight excluding hydrogens is 246 g/mol. The minimum atomic E-state index is -0.416. The Morgan fingerprint density at radius 2 is 2.42 bits per heavy atom. The standard InChI is InChI=1S/C13H19N3O3/c1-9(2)12-10(5-7-19-12)8-15-13-11(16(17)18)4-3-6-14-13/h3-4,6,9-10,12H,5,7-8H2,1-2H3,(H,14,15)/t10-,12-/m0/s1. The third kappa shape index (κ3) is 3.20. The first-order valence-corrected chi connectivity index (χ1v) is 6.54. The van der Waals surface area contributed by atoms with Crippen molar-refractivity contribution in [1.29, 1.82) is 0 Å². The van der Waals surface area contributed by atoms with Gasteiger partial charge in [-0.15, -0.1) is 0 Å². The van der Waals surface area contributed by atoms with Crippen LogP contribution in [0.3, 0.4) is 0 Å². The van der Waals surface area contributed by atoms with Gasteiger partial charge >= 0.3 is 5.69 Å². The molecular formula is C13H19N3O3. The maximum Gasteiger partial charge on any atom is 0.311 e. The number of ether oxygens (including phenoxy) is 1. The van der Waals surface area contributed by atoms with Gasteiger partial charge in [-0.25, -0.2) is 4.98 Å². The molecule has 0 amide bonds. The van der Waals surface area contributed by atoms with Crippen molar-refractivity contribution in [2.24, 2.45) is 11.8 Å². The summed E-state index contributed by atoms with van der Waals surface area (Å²) in [7, 11) is 0. The van der Waals surface area contributed by atoms with Crippen LogP contribution in [0.5, 0.6) is 0 Å². The van der Waals surface area contributed by atoms with E-state index >= 15 is 0 Å². The van der Waals surface area contributed by atoms with Gasteiger partial charge in [-0.1, -0.05) is 13.8 Å². The van der Waals surface area contributed by atoms with E-state index in [0.29, 0.717) is 24.2 Å². The lowest BCUT2D eigenvalue weighted by atomic mass is 9.93. The quantitative estimate of drug-likeness (QED) is 0.653. The summed E-state index contributed by atoms with van der Waals surface area (Å²) in [5, 5.41) is 14.0. The molecule has 1 saturated heterocycles. The molecule has 0 unspecified atom stereocenters. The average molecular weight is 265 g/mol. The number of nitrogens with one attached hydrogen (secondary N) is 1. The molecule has 0 aromatic carbocycles. The van der Waals surface area contributed by atoms with Crippen LogP contribution >= 0.6 is 0 Å². The summed E-state index contributed by atoms with van der Waals surface area (Å²) in [6, 6.07) is 3.03. The molecule has 2 rings (SSSR count). The van der Waals surface area contributed by atoms with Crippen molar-refractivity contribution in [3.05, 3.63) is 28.4 Å². The molecule has 6 nitrogen and oxygen atoms in total. The van der Waals surface area contributed by atoms with Crippen molar-refractivity contribution in [3.63, 3.8) is 0 Å². The van der Waals surface area contributed by atoms with Gasteiger partial charge in [0.05, 0.1) is 11.0 Å². The molecule has 1 N–H and O–H groups in total. The van der Waals surface area contributed by atoms with Crippen molar-refractivity contribution >= 4 is 11.5 Å². The monoisotopic (exact) mass is 265 g/mol. The zero-order valence-corrected chi connectivity index (χ0v) is 11.2. The fraction of sp³-hybridized carbons (Fsp3) is 0.615. The molecule has 0 spiro atoms. The van der Waals surface area contributed by atoms with Gasteiger partial charge in [0.2, 0.25) is 5.82 Å². The second kappa shape index (κ2) is 5.97. The highest BCUT2D eigenvalue weighted by Crippen LogP contribution is 2.28. The molecule has 1 aliphatic heterocycles. The van der Waals surface area contributed by atoms with Gasteiger partial charge in [-0.2, -0.15) is 0 Å². The van der Waals surface area contributed by atoms with Gasteiger partial charge < -0.3 is 10.1 Å². The van der Waals surface area contributed by atoms with E-state index < -0.39 is 4.92 Å². The van der Waals surface area contributed by atoms with Gasteiger partial charge in [0, 0.05) is 31.3 Å². The Labute approximate surface area is 112 Å². The molecule has 2 atom stereocenters. The predicted octanol–water partition coefficient (Wildman–Crippen LogP) is 2.46. The molecule has 0 bridgehead atoms. The third-order valence-corrected chi connectivity index (χ3v) is 3.44. The number of anilines is 1. The summed E-state index contributed by atoms with van der Waals surface area (Å²) >= 11 is 0. The highest BCUT2D eigenvalue weighted by atomic mass is 16.6. The van der Waals surface area contributed by atoms with Gasteiger partial charge in [-0.3, -0.25) is 10.1 Å². The summed E-state index contributed by atoms with van der Waals surface area (Å²) in [4.78, 5) is 14.5. The first-order valence-electron chi connectivity index (χ1n) is 6.54. The van der Waals surface area contributed by atoms with Gasteiger partial charge in [0.15, 0.2) is 0 Å². The van der Waals surface area contributed by atoms with Gasteiger partial charge in [0.1, 0.15) is 0 Å². The van der Waals surface area contributed by atoms with Crippen molar-refractivity contribution in [2.45, 2.75) is 26.4 Å². The topological polar surface area (TPSA) is 77.3 Å².